The van der Waals surface area contributed by atoms with Crippen LogP contribution in [0.2, 0.25) is 39.8 Å². The molecular weight excluding hydrogens is 921 g/mol. The Morgan fingerprint density at radius 1 is 0.743 bits per heavy atom. The maximum Gasteiger partial charge on any atom is 0.261 e. The summed E-state index contributed by atoms with van der Waals surface area (Å²) < 4.78 is 49.9. The van der Waals surface area contributed by atoms with Crippen LogP contribution in [0.5, 0.6) is 0 Å². The quantitative estimate of drug-likeness (QED) is 0.0528. The first-order chi connectivity index (χ1) is 32.8. The molecule has 390 valence electrons. The lowest BCUT2D eigenvalue weighted by Crippen LogP contribution is -2.66. The Hall–Kier alpha value is -2.56. The van der Waals surface area contributed by atoms with Crippen LogP contribution in [0.1, 0.15) is 141 Å². The van der Waals surface area contributed by atoms with Gasteiger partial charge >= 0.3 is 0 Å². The summed E-state index contributed by atoms with van der Waals surface area (Å²) in [5.74, 6) is -1.11. The third kappa shape index (κ3) is 13.2. The summed E-state index contributed by atoms with van der Waals surface area (Å²) in [5.41, 5.74) is 3.13. The Morgan fingerprint density at radius 2 is 1.29 bits per heavy atom. The number of ether oxygens (including phenoxy) is 4. The minimum atomic E-state index is -2.80. The van der Waals surface area contributed by atoms with E-state index in [1.54, 1.807) is 7.11 Å². The molecule has 11 heteroatoms. The summed E-state index contributed by atoms with van der Waals surface area (Å²) in [5, 5.41) is 2.36. The molecule has 0 radical (unpaired) electrons. The van der Waals surface area contributed by atoms with Gasteiger partial charge in [0.15, 0.2) is 14.1 Å². The lowest BCUT2D eigenvalue weighted by atomic mass is 9.70. The number of benzene rings is 3. The van der Waals surface area contributed by atoms with Crippen molar-refractivity contribution in [3.05, 3.63) is 108 Å². The zero-order valence-corrected chi connectivity index (χ0v) is 49.6. The Bertz CT molecular complexity index is 2020. The fourth-order valence-corrected chi connectivity index (χ4v) is 23.2. The van der Waals surface area contributed by atoms with E-state index in [1.165, 1.54) is 15.9 Å². The van der Waals surface area contributed by atoms with Gasteiger partial charge in [-0.05, 0) is 75.0 Å². The number of carbonyl (C=O) groups excluding carboxylic acids is 1. The monoisotopic (exact) mass is 1010 g/mol. The first kappa shape index (κ1) is 58.3. The van der Waals surface area contributed by atoms with E-state index in [0.29, 0.717) is 75.0 Å². The van der Waals surface area contributed by atoms with Crippen LogP contribution in [-0.2, 0) is 43.6 Å². The molecular formula is C59H94O8Si3. The van der Waals surface area contributed by atoms with Crippen molar-refractivity contribution in [2.24, 2.45) is 5.41 Å². The fraction of sp³-hybridized carbons (Fsp3) is 0.644. The highest BCUT2D eigenvalue weighted by Crippen LogP contribution is 2.52. The van der Waals surface area contributed by atoms with Crippen molar-refractivity contribution in [2.75, 3.05) is 20.3 Å². The molecule has 6 atom stereocenters. The van der Waals surface area contributed by atoms with Gasteiger partial charge in [-0.1, -0.05) is 200 Å². The second kappa shape index (κ2) is 24.2. The van der Waals surface area contributed by atoms with Gasteiger partial charge in [-0.25, -0.2) is 0 Å². The van der Waals surface area contributed by atoms with Crippen LogP contribution in [0.3, 0.4) is 0 Å². The Balaban J connectivity index is 1.50. The van der Waals surface area contributed by atoms with Crippen LogP contribution >= 0.6 is 0 Å². The molecule has 2 aliphatic rings. The van der Waals surface area contributed by atoms with Crippen LogP contribution in [0, 0.1) is 5.41 Å². The van der Waals surface area contributed by atoms with E-state index < -0.39 is 42.3 Å². The lowest BCUT2D eigenvalue weighted by Gasteiger charge is -2.56. The Morgan fingerprint density at radius 3 is 1.77 bits per heavy atom. The van der Waals surface area contributed by atoms with Gasteiger partial charge in [0.25, 0.3) is 8.32 Å². The highest BCUT2D eigenvalue weighted by molar-refractivity contribution is 6.99. The van der Waals surface area contributed by atoms with Crippen molar-refractivity contribution in [1.29, 1.82) is 0 Å². The van der Waals surface area contributed by atoms with Crippen LogP contribution in [0.25, 0.3) is 0 Å². The molecule has 2 heterocycles. The second-order valence-corrected chi connectivity index (χ2v) is 39.0. The molecule has 8 nitrogen and oxygen atoms in total. The number of hydrogen-bond acceptors (Lipinski definition) is 8. The van der Waals surface area contributed by atoms with E-state index >= 15 is 0 Å². The largest absolute Gasteiger partial charge is 0.414 e. The number of hydrogen-bond donors (Lipinski definition) is 0. The van der Waals surface area contributed by atoms with Crippen molar-refractivity contribution in [3.8, 4) is 0 Å². The summed E-state index contributed by atoms with van der Waals surface area (Å²) >= 11 is 0. The molecule has 0 aliphatic carbocycles. The average Bonchev–Trinajstić information content (AvgIpc) is 3.29. The van der Waals surface area contributed by atoms with Gasteiger partial charge in [-0.15, -0.1) is 0 Å². The van der Waals surface area contributed by atoms with Crippen molar-refractivity contribution < 1.29 is 37.0 Å². The molecule has 3 aromatic rings. The fourth-order valence-electron chi connectivity index (χ4n) is 11.8. The van der Waals surface area contributed by atoms with Crippen LogP contribution < -0.4 is 10.4 Å². The highest BCUT2D eigenvalue weighted by Gasteiger charge is 2.59. The van der Waals surface area contributed by atoms with Gasteiger partial charge in [0.05, 0.1) is 31.5 Å². The number of carbonyl (C=O) groups is 1. The summed E-state index contributed by atoms with van der Waals surface area (Å²) in [6.07, 6.45) is 5.28. The molecule has 0 aromatic heterocycles. The summed E-state index contributed by atoms with van der Waals surface area (Å²) in [7, 11) is -5.41. The van der Waals surface area contributed by atoms with Gasteiger partial charge in [0.2, 0.25) is 8.32 Å². The molecule has 0 spiro atoms. The molecule has 0 bridgehead atoms. The van der Waals surface area contributed by atoms with E-state index in [9.17, 15) is 4.79 Å². The van der Waals surface area contributed by atoms with Gasteiger partial charge in [-0.3, -0.25) is 0 Å². The Kier molecular flexibility index (Phi) is 20.2. The second-order valence-electron chi connectivity index (χ2n) is 24.5. The summed E-state index contributed by atoms with van der Waals surface area (Å²) in [4.78, 5) is 12.6. The normalized spacial score (nSPS) is 23.9. The zero-order chi connectivity index (χ0) is 51.8. The SMILES string of the molecule is CO[C@@]1(C[C@@H]2C/C(=C/CO[Si](C(C)C)(C(C)C)C(C)C)C[C@H](C=O)O2)O[C@H](C[C@H](CCO[Si](c2ccccc2)(c2ccccc2)C(C)(C)C)O[Si](C)(C)C(C)(C)C)C[C@H](OCc2ccccc2)C1(C)C. The van der Waals surface area contributed by atoms with Gasteiger partial charge < -0.3 is 37.0 Å². The van der Waals surface area contributed by atoms with E-state index in [1.807, 2.05) is 6.07 Å². The minimum absolute atomic E-state index is 0.0110. The lowest BCUT2D eigenvalue weighted by molar-refractivity contribution is -0.362. The van der Waals surface area contributed by atoms with Gasteiger partial charge in [-0.2, -0.15) is 0 Å². The van der Waals surface area contributed by atoms with E-state index in [4.69, 9.17) is 32.2 Å². The first-order valence-electron chi connectivity index (χ1n) is 26.5. The zero-order valence-electron chi connectivity index (χ0n) is 46.6. The molecule has 2 saturated heterocycles. The standard InChI is InChI=1S/C59H94O8Si3/c1-44(2)69(45(3)4,46(5)6)63-35-33-48-37-51(65-52(38-48)42-60)41-59(61-15)58(13,14)55(62-43-47-27-21-18-22-28-47)40-50(66-59)39-49(67-68(16,17)56(7,8)9)34-36-64-70(57(10,11)12,53-29-23-19-24-30-53)54-31-25-20-26-32-54/h18-33,42,44-46,49-52,55H,34-41,43H2,1-17H3/b48-33-/t49-,50+,51-,52+,55-,59-/m0/s1. The van der Waals surface area contributed by atoms with Crippen molar-refractivity contribution in [2.45, 2.75) is 218 Å². The molecule has 0 amide bonds. The summed E-state index contributed by atoms with van der Waals surface area (Å²) in [6.45, 7) is 38.5. The third-order valence-electron chi connectivity index (χ3n) is 16.6. The minimum Gasteiger partial charge on any atom is -0.414 e. The third-order valence-corrected chi connectivity index (χ3v) is 32.3. The van der Waals surface area contributed by atoms with Gasteiger partial charge in [0.1, 0.15) is 12.4 Å². The molecule has 2 aliphatic heterocycles. The molecule has 3 aromatic carbocycles. The summed E-state index contributed by atoms with van der Waals surface area (Å²) in [6, 6.07) is 32.1. The van der Waals surface area contributed by atoms with E-state index in [2.05, 4.69) is 201 Å². The molecule has 5 rings (SSSR count). The molecule has 70 heavy (non-hydrogen) atoms. The first-order valence-corrected chi connectivity index (χ1v) is 33.5. The van der Waals surface area contributed by atoms with Gasteiger partial charge in [0, 0.05) is 44.5 Å². The van der Waals surface area contributed by atoms with Crippen molar-refractivity contribution in [1.82, 2.24) is 0 Å². The smallest absolute Gasteiger partial charge is 0.261 e. The van der Waals surface area contributed by atoms with Crippen molar-refractivity contribution in [3.63, 3.8) is 0 Å². The van der Waals surface area contributed by atoms with Crippen LogP contribution in [0.4, 0.5) is 0 Å². The predicted octanol–water partition coefficient (Wildman–Crippen LogP) is 13.7. The maximum atomic E-state index is 12.6. The number of aldehydes is 1. The van der Waals surface area contributed by atoms with Crippen LogP contribution in [-0.4, -0.2) is 87.9 Å². The van der Waals surface area contributed by atoms with Crippen LogP contribution in [0.15, 0.2) is 103 Å². The highest BCUT2D eigenvalue weighted by atomic mass is 28.4. The van der Waals surface area contributed by atoms with Crippen molar-refractivity contribution >= 4 is 41.6 Å². The molecule has 0 N–H and O–H groups in total. The topological polar surface area (TPSA) is 81.7 Å². The Labute approximate surface area is 428 Å². The van der Waals surface area contributed by atoms with E-state index in [0.717, 1.165) is 11.8 Å². The number of methoxy groups -OCH3 is 1. The van der Waals surface area contributed by atoms with E-state index in [-0.39, 0.29) is 34.5 Å². The molecule has 2 fully saturated rings. The maximum absolute atomic E-state index is 12.6. The predicted molar refractivity (Wildman–Crippen MR) is 297 cm³/mol. The number of rotatable bonds is 23. The average molecular weight is 1020 g/mol. The molecule has 0 unspecified atom stereocenters. The molecule has 0 saturated carbocycles.